The quantitative estimate of drug-likeness (QED) is 0.0345. The minimum atomic E-state index is -0.580. The van der Waals surface area contributed by atoms with Crippen LogP contribution in [0.5, 0.6) is 0 Å². The molecule has 0 heterocycles. The first-order chi connectivity index (χ1) is 34.6. The zero-order valence-electron chi connectivity index (χ0n) is 46.0. The summed E-state index contributed by atoms with van der Waals surface area (Å²) in [5.41, 5.74) is 0. The fourth-order valence-corrected chi connectivity index (χ4v) is 8.02. The van der Waals surface area contributed by atoms with E-state index in [0.717, 1.165) is 89.9 Å². The minimum absolute atomic E-state index is 0.0363. The van der Waals surface area contributed by atoms with Crippen molar-refractivity contribution in [2.24, 2.45) is 0 Å². The van der Waals surface area contributed by atoms with Crippen molar-refractivity contribution in [3.63, 3.8) is 0 Å². The molecule has 1 unspecified atom stereocenters. The molecule has 0 bridgehead atoms. The topological polar surface area (TPSA) is 61.8 Å². The Hall–Kier alpha value is -3.44. The molecular weight excluding hydrogens is 861 g/mol. The molecule has 5 nitrogen and oxygen atoms in total. The second kappa shape index (κ2) is 59.9. The second-order valence-electron chi connectivity index (χ2n) is 19.1. The Bertz CT molecular complexity index is 1380. The predicted octanol–water partition coefficient (Wildman–Crippen LogP) is 20.3. The summed E-state index contributed by atoms with van der Waals surface area (Å²) in [6.07, 6.45) is 82.7. The molecule has 0 aliphatic rings. The molecule has 0 aromatic carbocycles. The Morgan fingerprint density at radius 3 is 1.09 bits per heavy atom. The lowest BCUT2D eigenvalue weighted by Crippen LogP contribution is -2.30. The highest BCUT2D eigenvalue weighted by Crippen LogP contribution is 2.16. The van der Waals surface area contributed by atoms with Gasteiger partial charge in [0.05, 0.1) is 6.61 Å². The van der Waals surface area contributed by atoms with E-state index >= 15 is 0 Å². The summed E-state index contributed by atoms with van der Waals surface area (Å²) < 4.78 is 17.4. The van der Waals surface area contributed by atoms with Gasteiger partial charge in [-0.25, -0.2) is 0 Å². The largest absolute Gasteiger partial charge is 0.462 e. The van der Waals surface area contributed by atoms with Crippen molar-refractivity contribution >= 4 is 11.9 Å². The summed E-state index contributed by atoms with van der Waals surface area (Å²) in [6, 6.07) is 0. The standard InChI is InChI=1S/C65H110O5/c1-4-7-10-13-16-19-22-25-28-31-33-35-37-40-43-46-49-52-55-58-64(66)69-62-63(61-68-60-57-54-51-48-45-42-39-30-27-24-21-18-15-12-9-6-3)70-65(67)59-56-53-50-47-44-41-38-36-34-32-29-26-23-20-17-14-11-8-5-2/h7,9-10,12,16,18-19,21,25,27-28,30,33,35,40,43,49,52,63H,4-6,8,11,13-15,17,20,22-24,26,29,31-32,34,36-39,41-42,44-48,50-51,53-62H2,1-3H3/b10-7-,12-9-,19-16-,21-18-,28-25-,30-27-,35-33-,43-40-,52-49-. The van der Waals surface area contributed by atoms with Crippen molar-refractivity contribution in [3.8, 4) is 0 Å². The SMILES string of the molecule is CC/C=C\C/C=C\C/C=C\C/C=C\C/C=C\C/C=C\CCC(=O)OCC(COCCCCCCCC/C=C\C/C=C\C/C=C\CC)OC(=O)CCCCCCCCCCCCCCCCCCCCC. The number of esters is 2. The van der Waals surface area contributed by atoms with Crippen LogP contribution in [0.25, 0.3) is 0 Å². The number of carbonyl (C=O) groups is 2. The van der Waals surface area contributed by atoms with E-state index in [-0.39, 0.29) is 25.2 Å². The highest BCUT2D eigenvalue weighted by molar-refractivity contribution is 5.70. The van der Waals surface area contributed by atoms with Crippen LogP contribution in [0.2, 0.25) is 0 Å². The van der Waals surface area contributed by atoms with Gasteiger partial charge in [0.25, 0.3) is 0 Å². The first-order valence-electron chi connectivity index (χ1n) is 29.4. The van der Waals surface area contributed by atoms with Gasteiger partial charge in [-0.3, -0.25) is 9.59 Å². The number of rotatable bonds is 53. The average Bonchev–Trinajstić information content (AvgIpc) is 3.36. The van der Waals surface area contributed by atoms with Crippen molar-refractivity contribution in [1.29, 1.82) is 0 Å². The van der Waals surface area contributed by atoms with Crippen molar-refractivity contribution in [3.05, 3.63) is 109 Å². The summed E-state index contributed by atoms with van der Waals surface area (Å²) in [5, 5.41) is 0. The van der Waals surface area contributed by atoms with E-state index in [9.17, 15) is 9.59 Å². The van der Waals surface area contributed by atoms with Gasteiger partial charge < -0.3 is 14.2 Å². The maximum absolute atomic E-state index is 12.9. The molecule has 1 atom stereocenters. The van der Waals surface area contributed by atoms with Crippen LogP contribution in [-0.4, -0.2) is 37.9 Å². The Labute approximate surface area is 434 Å². The predicted molar refractivity (Wildman–Crippen MR) is 306 cm³/mol. The van der Waals surface area contributed by atoms with Gasteiger partial charge >= 0.3 is 11.9 Å². The molecule has 400 valence electrons. The van der Waals surface area contributed by atoms with E-state index in [1.807, 2.05) is 6.08 Å². The average molecular weight is 972 g/mol. The highest BCUT2D eigenvalue weighted by Gasteiger charge is 2.17. The van der Waals surface area contributed by atoms with Crippen LogP contribution in [0.1, 0.15) is 265 Å². The molecule has 0 aromatic rings. The molecule has 0 rings (SSSR count). The second-order valence-corrected chi connectivity index (χ2v) is 19.1. The molecule has 0 amide bonds. The smallest absolute Gasteiger partial charge is 0.306 e. The van der Waals surface area contributed by atoms with E-state index in [1.165, 1.54) is 135 Å². The minimum Gasteiger partial charge on any atom is -0.462 e. The van der Waals surface area contributed by atoms with E-state index < -0.39 is 6.10 Å². The number of unbranched alkanes of at least 4 members (excludes halogenated alkanes) is 24. The third-order valence-corrected chi connectivity index (χ3v) is 12.3. The van der Waals surface area contributed by atoms with Gasteiger partial charge in [0, 0.05) is 19.4 Å². The molecule has 0 spiro atoms. The Balaban J connectivity index is 4.39. The molecule has 0 saturated heterocycles. The third kappa shape index (κ3) is 57.1. The van der Waals surface area contributed by atoms with Crippen molar-refractivity contribution in [1.82, 2.24) is 0 Å². The van der Waals surface area contributed by atoms with Crippen LogP contribution in [0, 0.1) is 0 Å². The van der Waals surface area contributed by atoms with Gasteiger partial charge in [0.1, 0.15) is 6.61 Å². The number of hydrogen-bond acceptors (Lipinski definition) is 5. The Morgan fingerprint density at radius 2 is 0.671 bits per heavy atom. The Kier molecular flexibility index (Phi) is 56.9. The lowest BCUT2D eigenvalue weighted by Gasteiger charge is -2.18. The van der Waals surface area contributed by atoms with E-state index in [1.54, 1.807) is 0 Å². The van der Waals surface area contributed by atoms with Crippen LogP contribution in [-0.2, 0) is 23.8 Å². The third-order valence-electron chi connectivity index (χ3n) is 12.3. The van der Waals surface area contributed by atoms with Crippen LogP contribution in [0.15, 0.2) is 109 Å². The molecule has 0 aliphatic carbocycles. The van der Waals surface area contributed by atoms with Gasteiger partial charge in [0.15, 0.2) is 6.10 Å². The molecule has 70 heavy (non-hydrogen) atoms. The van der Waals surface area contributed by atoms with Crippen LogP contribution < -0.4 is 0 Å². The van der Waals surface area contributed by atoms with Gasteiger partial charge in [-0.05, 0) is 89.9 Å². The van der Waals surface area contributed by atoms with Gasteiger partial charge in [0.2, 0.25) is 0 Å². The van der Waals surface area contributed by atoms with Crippen LogP contribution in [0.4, 0.5) is 0 Å². The number of carbonyl (C=O) groups excluding carboxylic acids is 2. The summed E-state index contributed by atoms with van der Waals surface area (Å²) in [6.45, 7) is 7.52. The number of hydrogen-bond donors (Lipinski definition) is 0. The lowest BCUT2D eigenvalue weighted by atomic mass is 10.0. The molecule has 0 saturated carbocycles. The van der Waals surface area contributed by atoms with Crippen molar-refractivity contribution in [2.45, 2.75) is 271 Å². The van der Waals surface area contributed by atoms with Gasteiger partial charge in [-0.1, -0.05) is 271 Å². The van der Waals surface area contributed by atoms with Gasteiger partial charge in [-0.2, -0.15) is 0 Å². The van der Waals surface area contributed by atoms with E-state index in [2.05, 4.69) is 124 Å². The first kappa shape index (κ1) is 66.6. The summed E-state index contributed by atoms with van der Waals surface area (Å²) >= 11 is 0. The number of allylic oxidation sites excluding steroid dienone is 18. The first-order valence-corrected chi connectivity index (χ1v) is 29.4. The highest BCUT2D eigenvalue weighted by atomic mass is 16.6. The normalized spacial score (nSPS) is 13.0. The molecule has 5 heteroatoms. The molecule has 0 aliphatic heterocycles. The fourth-order valence-electron chi connectivity index (χ4n) is 8.02. The van der Waals surface area contributed by atoms with Crippen LogP contribution in [0.3, 0.4) is 0 Å². The summed E-state index contributed by atoms with van der Waals surface area (Å²) in [4.78, 5) is 25.5. The van der Waals surface area contributed by atoms with Crippen molar-refractivity contribution in [2.75, 3.05) is 19.8 Å². The lowest BCUT2D eigenvalue weighted by molar-refractivity contribution is -0.162. The molecule has 0 aromatic heterocycles. The fraction of sp³-hybridized carbons (Fsp3) is 0.692. The zero-order valence-corrected chi connectivity index (χ0v) is 46.0. The summed E-state index contributed by atoms with van der Waals surface area (Å²) in [7, 11) is 0. The van der Waals surface area contributed by atoms with E-state index in [4.69, 9.17) is 14.2 Å². The monoisotopic (exact) mass is 971 g/mol. The van der Waals surface area contributed by atoms with Crippen molar-refractivity contribution < 1.29 is 23.8 Å². The molecule has 0 N–H and O–H groups in total. The Morgan fingerprint density at radius 1 is 0.329 bits per heavy atom. The number of ether oxygens (including phenoxy) is 3. The maximum Gasteiger partial charge on any atom is 0.306 e. The van der Waals surface area contributed by atoms with Crippen LogP contribution >= 0.6 is 0 Å². The molecule has 0 radical (unpaired) electrons. The summed E-state index contributed by atoms with van der Waals surface area (Å²) in [5.74, 6) is -0.497. The molecular formula is C65H110O5. The molecule has 0 fully saturated rings. The zero-order chi connectivity index (χ0) is 50.6. The van der Waals surface area contributed by atoms with E-state index in [0.29, 0.717) is 25.9 Å². The van der Waals surface area contributed by atoms with Gasteiger partial charge in [-0.15, -0.1) is 0 Å². The maximum atomic E-state index is 12.9.